The van der Waals surface area contributed by atoms with E-state index in [1.807, 2.05) is 12.2 Å². The van der Waals surface area contributed by atoms with Crippen LogP contribution in [0.1, 0.15) is 24.8 Å². The molecule has 1 aromatic rings. The van der Waals surface area contributed by atoms with Gasteiger partial charge in [0.25, 0.3) is 5.91 Å². The second-order valence-corrected chi connectivity index (χ2v) is 5.25. The quantitative estimate of drug-likeness (QED) is 0.665. The maximum atomic E-state index is 12.4. The highest BCUT2D eigenvalue weighted by Crippen LogP contribution is 2.29. The summed E-state index contributed by atoms with van der Waals surface area (Å²) >= 11 is 0. The Kier molecular flexibility index (Phi) is 5.41. The summed E-state index contributed by atoms with van der Waals surface area (Å²) in [6.07, 6.45) is 1.58. The van der Waals surface area contributed by atoms with Crippen LogP contribution in [-0.4, -0.2) is 18.5 Å². The maximum absolute atomic E-state index is 12.4. The lowest BCUT2D eigenvalue weighted by atomic mass is 10.1. The Labute approximate surface area is 131 Å². The van der Waals surface area contributed by atoms with E-state index in [0.29, 0.717) is 0 Å². The van der Waals surface area contributed by atoms with E-state index in [4.69, 9.17) is 4.74 Å². The molecule has 1 N–H and O–H groups in total. The minimum absolute atomic E-state index is 0.153. The molecule has 1 aliphatic rings. The third-order valence-corrected chi connectivity index (χ3v) is 3.40. The van der Waals surface area contributed by atoms with Gasteiger partial charge in [-0.05, 0) is 43.0 Å². The van der Waals surface area contributed by atoms with Crippen molar-refractivity contribution in [3.05, 3.63) is 42.0 Å². The van der Waals surface area contributed by atoms with Crippen LogP contribution in [0.25, 0.3) is 0 Å². The first-order valence-corrected chi connectivity index (χ1v) is 7.14. The van der Waals surface area contributed by atoms with E-state index in [0.717, 1.165) is 37.1 Å². The van der Waals surface area contributed by atoms with Gasteiger partial charge in [0.15, 0.2) is 6.61 Å². The second kappa shape index (κ2) is 7.30. The first-order valence-electron chi connectivity index (χ1n) is 7.14. The molecule has 1 aliphatic carbocycles. The molecule has 0 spiro atoms. The molecule has 0 saturated carbocycles. The Bertz CT molecular complexity index is 594. The minimum atomic E-state index is -4.42. The Morgan fingerprint density at radius 3 is 2.48 bits per heavy atom. The van der Waals surface area contributed by atoms with Crippen LogP contribution in [0.5, 0.6) is 0 Å². The molecule has 0 saturated heterocycles. The molecule has 1 aromatic carbocycles. The predicted molar refractivity (Wildman–Crippen MR) is 77.5 cm³/mol. The highest BCUT2D eigenvalue weighted by Gasteiger charge is 2.30. The van der Waals surface area contributed by atoms with Gasteiger partial charge < -0.3 is 10.1 Å². The van der Waals surface area contributed by atoms with Crippen LogP contribution in [-0.2, 0) is 20.5 Å². The molecule has 0 bridgehead atoms. The molecule has 2 rings (SSSR count). The maximum Gasteiger partial charge on any atom is 0.416 e. The van der Waals surface area contributed by atoms with Gasteiger partial charge in [0, 0.05) is 5.69 Å². The number of hydrogen-bond acceptors (Lipinski definition) is 3. The zero-order valence-electron chi connectivity index (χ0n) is 12.2. The monoisotopic (exact) mass is 327 g/mol. The van der Waals surface area contributed by atoms with E-state index in [1.54, 1.807) is 0 Å². The fraction of sp³-hybridized carbons (Fsp3) is 0.375. The molecule has 0 unspecified atom stereocenters. The van der Waals surface area contributed by atoms with Crippen LogP contribution in [0.3, 0.4) is 0 Å². The van der Waals surface area contributed by atoms with Crippen molar-refractivity contribution >= 4 is 17.6 Å². The molecule has 1 atom stereocenters. The fourth-order valence-electron chi connectivity index (χ4n) is 2.22. The Hall–Kier alpha value is -2.31. The average molecular weight is 327 g/mol. The van der Waals surface area contributed by atoms with E-state index < -0.39 is 30.2 Å². The van der Waals surface area contributed by atoms with Crippen molar-refractivity contribution in [3.63, 3.8) is 0 Å². The van der Waals surface area contributed by atoms with Gasteiger partial charge in [0.1, 0.15) is 0 Å². The Morgan fingerprint density at radius 1 is 1.22 bits per heavy atom. The number of allylic oxidation sites excluding steroid dienone is 2. The summed E-state index contributed by atoms with van der Waals surface area (Å²) in [6, 6.07) is 4.03. The number of amides is 1. The summed E-state index contributed by atoms with van der Waals surface area (Å²) in [5.41, 5.74) is -0.593. The lowest BCUT2D eigenvalue weighted by Crippen LogP contribution is -2.21. The van der Waals surface area contributed by atoms with Crippen molar-refractivity contribution in [2.75, 3.05) is 11.9 Å². The predicted octanol–water partition coefficient (Wildman–Crippen LogP) is 3.54. The topological polar surface area (TPSA) is 55.4 Å². The highest BCUT2D eigenvalue weighted by molar-refractivity contribution is 5.92. The standard InChI is InChI=1S/C16H16F3NO3/c17-16(18,19)12-5-7-13(8-6-12)20-14(21)10-23-15(22)9-11-3-1-2-4-11/h1,3,5-8,11H,2,4,9-10H2,(H,20,21)/t11-/m1/s1. The number of alkyl halides is 3. The number of carbonyl (C=O) groups excluding carboxylic acids is 2. The third-order valence-electron chi connectivity index (χ3n) is 3.40. The van der Waals surface area contributed by atoms with Gasteiger partial charge in [-0.15, -0.1) is 0 Å². The van der Waals surface area contributed by atoms with E-state index in [2.05, 4.69) is 5.32 Å². The lowest BCUT2D eigenvalue weighted by Gasteiger charge is -2.10. The molecular formula is C16H16F3NO3. The number of anilines is 1. The Morgan fingerprint density at radius 2 is 1.91 bits per heavy atom. The summed E-state index contributed by atoms with van der Waals surface area (Å²) in [6.45, 7) is -0.462. The molecule has 124 valence electrons. The first kappa shape index (κ1) is 17.1. The molecule has 0 aliphatic heterocycles. The van der Waals surface area contributed by atoms with Gasteiger partial charge in [0.05, 0.1) is 12.0 Å². The van der Waals surface area contributed by atoms with Crippen LogP contribution in [0.2, 0.25) is 0 Å². The van der Waals surface area contributed by atoms with Crippen LogP contribution in [0.15, 0.2) is 36.4 Å². The largest absolute Gasteiger partial charge is 0.456 e. The number of hydrogen-bond donors (Lipinski definition) is 1. The van der Waals surface area contributed by atoms with Crippen LogP contribution < -0.4 is 5.32 Å². The highest BCUT2D eigenvalue weighted by atomic mass is 19.4. The van der Waals surface area contributed by atoms with Crippen molar-refractivity contribution in [1.82, 2.24) is 0 Å². The third kappa shape index (κ3) is 5.43. The van der Waals surface area contributed by atoms with Crippen molar-refractivity contribution in [1.29, 1.82) is 0 Å². The van der Waals surface area contributed by atoms with Crippen molar-refractivity contribution in [2.24, 2.45) is 5.92 Å². The molecule has 1 amide bonds. The number of esters is 1. The summed E-state index contributed by atoms with van der Waals surface area (Å²) in [7, 11) is 0. The van der Waals surface area contributed by atoms with E-state index >= 15 is 0 Å². The molecule has 7 heteroatoms. The SMILES string of the molecule is O=C(COC(=O)C[C@@H]1C=CCC1)Nc1ccc(C(F)(F)F)cc1. The lowest BCUT2D eigenvalue weighted by molar-refractivity contribution is -0.148. The van der Waals surface area contributed by atoms with E-state index in [9.17, 15) is 22.8 Å². The van der Waals surface area contributed by atoms with Crippen LogP contribution in [0, 0.1) is 5.92 Å². The van der Waals surface area contributed by atoms with Crippen molar-refractivity contribution < 1.29 is 27.5 Å². The number of carbonyl (C=O) groups is 2. The van der Waals surface area contributed by atoms with Gasteiger partial charge in [-0.3, -0.25) is 9.59 Å². The molecule has 0 aromatic heterocycles. The Balaban J connectivity index is 1.76. The number of rotatable bonds is 5. The number of nitrogens with one attached hydrogen (secondary N) is 1. The molecular weight excluding hydrogens is 311 g/mol. The summed E-state index contributed by atoms with van der Waals surface area (Å²) < 4.78 is 42.1. The van der Waals surface area contributed by atoms with Crippen molar-refractivity contribution in [2.45, 2.75) is 25.4 Å². The fourth-order valence-corrected chi connectivity index (χ4v) is 2.22. The molecule has 0 heterocycles. The molecule has 0 fully saturated rings. The summed E-state index contributed by atoms with van der Waals surface area (Å²) in [5, 5.41) is 2.37. The van der Waals surface area contributed by atoms with E-state index in [-0.39, 0.29) is 18.0 Å². The normalized spacial score (nSPS) is 17.1. The summed E-state index contributed by atoms with van der Waals surface area (Å²) in [4.78, 5) is 23.2. The second-order valence-electron chi connectivity index (χ2n) is 5.25. The van der Waals surface area contributed by atoms with Crippen LogP contribution >= 0.6 is 0 Å². The van der Waals surface area contributed by atoms with Crippen molar-refractivity contribution in [3.8, 4) is 0 Å². The number of halogens is 3. The van der Waals surface area contributed by atoms with Crippen LogP contribution in [0.4, 0.5) is 18.9 Å². The smallest absolute Gasteiger partial charge is 0.416 e. The summed E-state index contributed by atoms with van der Waals surface area (Å²) in [5.74, 6) is -0.912. The van der Waals surface area contributed by atoms with Gasteiger partial charge >= 0.3 is 12.1 Å². The molecule has 0 radical (unpaired) electrons. The molecule has 4 nitrogen and oxygen atoms in total. The average Bonchev–Trinajstić information content (AvgIpc) is 2.98. The minimum Gasteiger partial charge on any atom is -0.456 e. The van der Waals surface area contributed by atoms with Gasteiger partial charge in [-0.1, -0.05) is 12.2 Å². The molecule has 23 heavy (non-hydrogen) atoms. The number of benzene rings is 1. The zero-order chi connectivity index (χ0) is 16.9. The van der Waals surface area contributed by atoms with Gasteiger partial charge in [0.2, 0.25) is 0 Å². The van der Waals surface area contributed by atoms with E-state index in [1.165, 1.54) is 0 Å². The number of ether oxygens (including phenoxy) is 1. The first-order chi connectivity index (χ1) is 10.8. The van der Waals surface area contributed by atoms with Gasteiger partial charge in [-0.2, -0.15) is 13.2 Å². The van der Waals surface area contributed by atoms with Gasteiger partial charge in [-0.25, -0.2) is 0 Å². The zero-order valence-corrected chi connectivity index (χ0v) is 12.2.